The van der Waals surface area contributed by atoms with Gasteiger partial charge in [-0.3, -0.25) is 9.59 Å². The Balaban J connectivity index is 0.000000182. The average Bonchev–Trinajstić information content (AvgIpc) is 3.50. The summed E-state index contributed by atoms with van der Waals surface area (Å²) in [5.41, 5.74) is 1.73. The first-order chi connectivity index (χ1) is 23.1. The number of piperidine rings is 2. The first-order valence-corrected chi connectivity index (χ1v) is 15.9. The first kappa shape index (κ1) is 26.0. The molecular weight excluding hydrogens is 564 g/mol. The second-order valence-electron chi connectivity index (χ2n) is 12.1. The molecule has 4 fully saturated rings. The van der Waals surface area contributed by atoms with Crippen molar-refractivity contribution in [1.82, 2.24) is 9.80 Å². The lowest BCUT2D eigenvalue weighted by atomic mass is 9.98. The van der Waals surface area contributed by atoms with Crippen LogP contribution in [0.1, 0.15) is 95.9 Å². The number of hydrogen-bond donors (Lipinski definition) is 2. The number of hydrogen-bond acceptors (Lipinski definition) is 7. The van der Waals surface area contributed by atoms with E-state index in [9.17, 15) is 19.8 Å². The maximum Gasteiger partial charge on any atom is 0.316 e. The Morgan fingerprint density at radius 3 is 1.67 bits per heavy atom. The van der Waals surface area contributed by atoms with Crippen molar-refractivity contribution < 1.29 is 32.8 Å². The number of nitrogens with zero attached hydrogens (tertiary/aromatic N) is 2. The van der Waals surface area contributed by atoms with Crippen molar-refractivity contribution in [3.05, 3.63) is 71.8 Å². The Morgan fingerprint density at radius 1 is 0.837 bits per heavy atom. The van der Waals surface area contributed by atoms with Crippen LogP contribution in [0.4, 0.5) is 0 Å². The van der Waals surface area contributed by atoms with Crippen molar-refractivity contribution in [2.75, 3.05) is 20.6 Å². The van der Waals surface area contributed by atoms with E-state index >= 15 is 0 Å². The van der Waals surface area contributed by atoms with Gasteiger partial charge >= 0.3 is 5.97 Å². The number of ether oxygens (including phenoxy) is 1. The second-order valence-corrected chi connectivity index (χ2v) is 12.4. The van der Waals surface area contributed by atoms with Crippen molar-refractivity contribution >= 4 is 22.8 Å². The van der Waals surface area contributed by atoms with Crippen LogP contribution in [0.15, 0.2) is 60.7 Å². The molecule has 2 aromatic carbocycles. The predicted molar refractivity (Wildman–Crippen MR) is 170 cm³/mol. The van der Waals surface area contributed by atoms with Gasteiger partial charge in [-0.05, 0) is 94.5 Å². The predicted octanol–water partition coefficient (Wildman–Crippen LogP) is 5.48. The summed E-state index contributed by atoms with van der Waals surface area (Å²) in [6.45, 7) is -2.40. The lowest BCUT2D eigenvalue weighted by Crippen LogP contribution is -2.43. The molecule has 0 aliphatic carbocycles. The van der Waals surface area contributed by atoms with Crippen LogP contribution in [0.25, 0.3) is 0 Å². The smallest absolute Gasteiger partial charge is 0.316 e. The third kappa shape index (κ3) is 8.89. The van der Waals surface area contributed by atoms with Gasteiger partial charge in [0.05, 0.1) is 18.6 Å². The van der Waals surface area contributed by atoms with Gasteiger partial charge < -0.3 is 24.7 Å². The molecule has 8 atom stereocenters. The van der Waals surface area contributed by atoms with Crippen LogP contribution in [0, 0.1) is 0 Å². The summed E-state index contributed by atoms with van der Waals surface area (Å²) in [6.07, 6.45) is 6.10. The fourth-order valence-electron chi connectivity index (χ4n) is 6.83. The lowest BCUT2D eigenvalue weighted by molar-refractivity contribution is -0.155. The minimum absolute atomic E-state index is 0.0571. The number of aliphatic hydroxyl groups is 2. The topological polar surface area (TPSA) is 90.3 Å². The summed E-state index contributed by atoms with van der Waals surface area (Å²) < 4.78 is 50.7. The molecule has 8 heteroatoms. The van der Waals surface area contributed by atoms with E-state index in [1.54, 1.807) is 21.9 Å². The minimum atomic E-state index is -2.08. The molecule has 2 N–H and O–H groups in total. The number of carbonyl (C=O) groups excluding carboxylic acids is 2. The highest BCUT2D eigenvalue weighted by Gasteiger charge is 2.40. The van der Waals surface area contributed by atoms with Crippen LogP contribution >= 0.6 is 11.6 Å². The summed E-state index contributed by atoms with van der Waals surface area (Å²) >= 11 is 5.44. The van der Waals surface area contributed by atoms with Gasteiger partial charge in [-0.25, -0.2) is 0 Å². The zero-order chi connectivity index (χ0) is 35.9. The van der Waals surface area contributed by atoms with Crippen LogP contribution in [0.3, 0.4) is 0 Å². The molecule has 0 radical (unpaired) electrons. The fourth-order valence-corrected chi connectivity index (χ4v) is 7.11. The van der Waals surface area contributed by atoms with Crippen LogP contribution in [-0.2, 0) is 14.3 Å². The Labute approximate surface area is 270 Å². The van der Waals surface area contributed by atoms with E-state index in [2.05, 4.69) is 0 Å². The molecule has 4 bridgehead atoms. The Bertz CT molecular complexity index is 1320. The van der Waals surface area contributed by atoms with Crippen molar-refractivity contribution in [3.63, 3.8) is 0 Å². The van der Waals surface area contributed by atoms with Gasteiger partial charge in [0.2, 0.25) is 5.24 Å². The van der Waals surface area contributed by atoms with Gasteiger partial charge in [0, 0.05) is 32.4 Å². The van der Waals surface area contributed by atoms with Gasteiger partial charge in [-0.2, -0.15) is 0 Å². The number of fused-ring (bicyclic) bond motifs is 4. The third-order valence-corrected chi connectivity index (χ3v) is 9.50. The van der Waals surface area contributed by atoms with E-state index in [4.69, 9.17) is 24.6 Å². The molecule has 4 unspecified atom stereocenters. The largest absolute Gasteiger partial charge is 0.462 e. The molecule has 6 rings (SSSR count). The Hall–Kier alpha value is -2.29. The zero-order valence-electron chi connectivity index (χ0n) is 30.9. The van der Waals surface area contributed by atoms with Gasteiger partial charge in [0.15, 0.2) is 0 Å². The van der Waals surface area contributed by atoms with Gasteiger partial charge in [-0.1, -0.05) is 67.6 Å². The highest BCUT2D eigenvalue weighted by molar-refractivity contribution is 6.64. The van der Waals surface area contributed by atoms with Crippen molar-refractivity contribution in [3.8, 4) is 0 Å². The molecule has 0 spiro atoms. The summed E-state index contributed by atoms with van der Waals surface area (Å²) in [5, 5.41) is 18.7. The molecule has 4 aliphatic heterocycles. The summed E-state index contributed by atoms with van der Waals surface area (Å²) in [6, 6.07) is 18.7. The molecule has 0 saturated carbocycles. The number of halogens is 1. The second kappa shape index (κ2) is 16.1. The normalized spacial score (nSPS) is 32.0. The first-order valence-electron chi connectivity index (χ1n) is 18.5. The molecule has 4 saturated heterocycles. The average molecular weight is 619 g/mol. The molecule has 236 valence electrons. The summed E-state index contributed by atoms with van der Waals surface area (Å²) in [5.74, 6) is -1.27. The molecule has 0 aromatic heterocycles. The minimum Gasteiger partial charge on any atom is -0.462 e. The maximum atomic E-state index is 12.4. The number of rotatable bonds is 7. The molecule has 2 aromatic rings. The van der Waals surface area contributed by atoms with Crippen molar-refractivity contribution in [2.45, 2.75) is 113 Å². The summed E-state index contributed by atoms with van der Waals surface area (Å²) in [4.78, 5) is 26.6. The van der Waals surface area contributed by atoms with E-state index in [-0.39, 0.29) is 54.1 Å². The van der Waals surface area contributed by atoms with Gasteiger partial charge in [0.25, 0.3) is 0 Å². The lowest BCUT2D eigenvalue weighted by Gasteiger charge is -2.36. The van der Waals surface area contributed by atoms with E-state index in [0.717, 1.165) is 43.2 Å². The SMILES string of the molecule is CCC(C(=O)Cl)c1ccccc1.[2H]C([2H])([2H])N1[C@@H]2CC[C@H]1CC(O)C2.[2H]C([2H])([2H])N1[C@@H]2CC[C@H]1CC(OC(=O)C(CO)c1ccccc1)C2. The molecule has 0 amide bonds. The van der Waals surface area contributed by atoms with Crippen molar-refractivity contribution in [2.24, 2.45) is 0 Å². The monoisotopic (exact) mass is 618 g/mol. The maximum absolute atomic E-state index is 12.4. The van der Waals surface area contributed by atoms with E-state index in [1.807, 2.05) is 55.5 Å². The summed E-state index contributed by atoms with van der Waals surface area (Å²) in [7, 11) is 0. The number of esters is 1. The third-order valence-electron chi connectivity index (χ3n) is 9.23. The van der Waals surface area contributed by atoms with Crippen LogP contribution in [0.5, 0.6) is 0 Å². The molecule has 7 nitrogen and oxygen atoms in total. The number of aliphatic hydroxyl groups excluding tert-OH is 2. The molecule has 43 heavy (non-hydrogen) atoms. The van der Waals surface area contributed by atoms with E-state index in [1.165, 1.54) is 0 Å². The van der Waals surface area contributed by atoms with Crippen LogP contribution < -0.4 is 0 Å². The zero-order valence-corrected chi connectivity index (χ0v) is 25.6. The van der Waals surface area contributed by atoms with E-state index in [0.29, 0.717) is 25.7 Å². The quantitative estimate of drug-likeness (QED) is 0.314. The van der Waals surface area contributed by atoms with Crippen molar-refractivity contribution in [1.29, 1.82) is 0 Å². The highest BCUT2D eigenvalue weighted by atomic mass is 35.5. The molecule has 4 heterocycles. The van der Waals surface area contributed by atoms with Gasteiger partial charge in [0.1, 0.15) is 12.0 Å². The van der Waals surface area contributed by atoms with Crippen LogP contribution in [-0.4, -0.2) is 88.2 Å². The van der Waals surface area contributed by atoms with E-state index < -0.39 is 25.8 Å². The highest BCUT2D eigenvalue weighted by Crippen LogP contribution is 2.36. The number of benzene rings is 2. The molecule has 4 aliphatic rings. The Kier molecular flexibility index (Phi) is 9.75. The Morgan fingerprint density at radius 2 is 1.28 bits per heavy atom. The standard InChI is InChI=1S/C17H23NO3.C10H11ClO.C8H15NO/c1-18-13-7-8-14(18)10-15(9-13)21-17(20)16(11-19)12-5-3-2-4-6-12;1-2-9(10(11)12)8-6-4-3-5-7-8;1-9-6-2-3-7(9)5-8(10)4-6/h2-6,13-16,19H,7-11H2,1H3;3-7,9H,2H2,1H3;6-8,10H,2-5H2,1H3/t13-,14+,15?,16?;;6-,7+,8?/i1D3;;1D3. The van der Waals surface area contributed by atoms with Crippen LogP contribution in [0.2, 0.25) is 0 Å². The molecular formula is C35H49ClN2O5. The van der Waals surface area contributed by atoms with Gasteiger partial charge in [-0.15, -0.1) is 0 Å². The number of carbonyl (C=O) groups is 2. The fraction of sp³-hybridized carbons (Fsp3) is 0.600.